The van der Waals surface area contributed by atoms with Gasteiger partial charge in [0.1, 0.15) is 0 Å². The highest BCUT2D eigenvalue weighted by Crippen LogP contribution is 2.25. The first kappa shape index (κ1) is 20.6. The summed E-state index contributed by atoms with van der Waals surface area (Å²) in [4.78, 5) is 12.3. The normalized spacial score (nSPS) is 11.3. The molecule has 0 aliphatic carbocycles. The largest absolute Gasteiger partial charge is 0.417 e. The molecule has 5 nitrogen and oxygen atoms in total. The fraction of sp³-hybridized carbons (Fsp3) is 0.174. The molecule has 3 aromatic rings. The molecular formula is C23H22ClN3O2. The minimum Gasteiger partial charge on any atom is -0.417 e. The van der Waals surface area contributed by atoms with Gasteiger partial charge in [-0.3, -0.25) is 4.79 Å². The number of carbonyl (C=O) groups is 1. The Bertz CT molecular complexity index is 1030. The fourth-order valence-corrected chi connectivity index (χ4v) is 3.14. The summed E-state index contributed by atoms with van der Waals surface area (Å²) < 4.78 is 5.49. The van der Waals surface area contributed by atoms with Crippen molar-refractivity contribution < 1.29 is 9.21 Å². The first-order chi connectivity index (χ1) is 14.1. The van der Waals surface area contributed by atoms with Gasteiger partial charge in [-0.1, -0.05) is 66.7 Å². The van der Waals surface area contributed by atoms with Crippen molar-refractivity contribution >= 4 is 23.1 Å². The van der Waals surface area contributed by atoms with Crippen molar-refractivity contribution in [3.8, 4) is 0 Å². The van der Waals surface area contributed by atoms with Gasteiger partial charge in [-0.15, -0.1) is 10.2 Å². The Balaban J connectivity index is 1.59. The summed E-state index contributed by atoms with van der Waals surface area (Å²) in [7, 11) is 0. The predicted octanol–water partition coefficient (Wildman–Crippen LogP) is 5.01. The molecule has 1 heterocycles. The summed E-state index contributed by atoms with van der Waals surface area (Å²) in [6.45, 7) is 6.22. The number of nitrogens with zero attached hydrogens (tertiary/aromatic N) is 2. The molecule has 2 aromatic carbocycles. The number of carbonyl (C=O) groups excluding carboxylic acids is 1. The highest BCUT2D eigenvalue weighted by Gasteiger charge is 2.15. The van der Waals surface area contributed by atoms with Gasteiger partial charge in [0.2, 0.25) is 5.89 Å². The van der Waals surface area contributed by atoms with Crippen LogP contribution in [0.25, 0.3) is 5.57 Å². The van der Waals surface area contributed by atoms with Crippen LogP contribution in [0.2, 0.25) is 5.02 Å². The third-order valence-corrected chi connectivity index (χ3v) is 4.64. The molecule has 0 radical (unpaired) electrons. The smallest absolute Gasteiger partial charge is 0.308 e. The van der Waals surface area contributed by atoms with E-state index in [1.165, 1.54) is 0 Å². The summed E-state index contributed by atoms with van der Waals surface area (Å²) >= 11 is 6.14. The van der Waals surface area contributed by atoms with Gasteiger partial charge in [0, 0.05) is 11.6 Å². The van der Waals surface area contributed by atoms with Crippen molar-refractivity contribution in [3.63, 3.8) is 0 Å². The Kier molecular flexibility index (Phi) is 6.98. The van der Waals surface area contributed by atoms with Crippen LogP contribution in [0.3, 0.4) is 0 Å². The summed E-state index contributed by atoms with van der Waals surface area (Å²) in [5.74, 6) is -0.0233. The predicted molar refractivity (Wildman–Crippen MR) is 115 cm³/mol. The van der Waals surface area contributed by atoms with E-state index in [4.69, 9.17) is 16.0 Å². The molecule has 148 valence electrons. The number of aromatic nitrogens is 2. The van der Waals surface area contributed by atoms with Crippen molar-refractivity contribution in [2.75, 3.05) is 6.54 Å². The van der Waals surface area contributed by atoms with Crippen LogP contribution in [0.15, 0.2) is 71.7 Å². The van der Waals surface area contributed by atoms with Gasteiger partial charge in [-0.05, 0) is 47.7 Å². The lowest BCUT2D eigenvalue weighted by atomic mass is 9.97. The van der Waals surface area contributed by atoms with E-state index in [1.54, 1.807) is 6.08 Å². The van der Waals surface area contributed by atoms with E-state index in [1.807, 2.05) is 61.5 Å². The summed E-state index contributed by atoms with van der Waals surface area (Å²) in [5.41, 5.74) is 4.22. The van der Waals surface area contributed by atoms with Crippen molar-refractivity contribution in [2.45, 2.75) is 19.8 Å². The number of aryl methyl sites for hydroxylation is 1. The zero-order valence-corrected chi connectivity index (χ0v) is 16.9. The number of nitrogens with one attached hydrogen (secondary N) is 1. The molecular weight excluding hydrogens is 386 g/mol. The van der Waals surface area contributed by atoms with Gasteiger partial charge < -0.3 is 9.73 Å². The second-order valence-electron chi connectivity index (χ2n) is 6.56. The number of allylic oxidation sites excluding steroid dienone is 2. The Morgan fingerprint density at radius 2 is 2.00 bits per heavy atom. The molecule has 1 amide bonds. The van der Waals surface area contributed by atoms with Gasteiger partial charge in [0.05, 0.1) is 6.42 Å². The van der Waals surface area contributed by atoms with E-state index in [9.17, 15) is 4.79 Å². The number of benzene rings is 2. The maximum Gasteiger partial charge on any atom is 0.308 e. The lowest BCUT2D eigenvalue weighted by molar-refractivity contribution is 0.0918. The van der Waals surface area contributed by atoms with E-state index in [0.29, 0.717) is 30.3 Å². The van der Waals surface area contributed by atoms with Gasteiger partial charge in [-0.2, -0.15) is 0 Å². The van der Waals surface area contributed by atoms with Gasteiger partial charge >= 0.3 is 11.8 Å². The van der Waals surface area contributed by atoms with Crippen LogP contribution < -0.4 is 5.32 Å². The fourth-order valence-electron chi connectivity index (χ4n) is 2.96. The van der Waals surface area contributed by atoms with Crippen LogP contribution in [0.4, 0.5) is 0 Å². The van der Waals surface area contributed by atoms with Gasteiger partial charge in [0.15, 0.2) is 0 Å². The number of amides is 1. The quantitative estimate of drug-likeness (QED) is 0.533. The molecule has 0 bridgehead atoms. The average Bonchev–Trinajstić information content (AvgIpc) is 3.18. The molecule has 6 heteroatoms. The van der Waals surface area contributed by atoms with Crippen molar-refractivity contribution in [1.29, 1.82) is 0 Å². The first-order valence-corrected chi connectivity index (χ1v) is 9.67. The van der Waals surface area contributed by atoms with Crippen molar-refractivity contribution in [1.82, 2.24) is 15.5 Å². The van der Waals surface area contributed by atoms with Gasteiger partial charge in [-0.25, -0.2) is 0 Å². The van der Waals surface area contributed by atoms with Crippen LogP contribution in [-0.2, 0) is 6.42 Å². The van der Waals surface area contributed by atoms with Crippen molar-refractivity contribution in [2.24, 2.45) is 0 Å². The van der Waals surface area contributed by atoms with Crippen LogP contribution >= 0.6 is 11.6 Å². The highest BCUT2D eigenvalue weighted by atomic mass is 35.5. The summed E-state index contributed by atoms with van der Waals surface area (Å²) in [5, 5.41) is 11.3. The van der Waals surface area contributed by atoms with Crippen LogP contribution in [-0.4, -0.2) is 22.6 Å². The highest BCUT2D eigenvalue weighted by molar-refractivity contribution is 6.30. The topological polar surface area (TPSA) is 68.0 Å². The molecule has 3 rings (SSSR count). The molecule has 0 fully saturated rings. The Morgan fingerprint density at radius 1 is 1.21 bits per heavy atom. The van der Waals surface area contributed by atoms with E-state index in [-0.39, 0.29) is 5.89 Å². The van der Waals surface area contributed by atoms with Crippen LogP contribution in [0.5, 0.6) is 0 Å². The SMILES string of the molecule is C=C/C=C(/CCNC(=O)c1nnc(Cc2ccccc2)o1)c1cc(Cl)ccc1C. The number of halogens is 1. The molecule has 0 saturated carbocycles. The molecule has 0 saturated heterocycles. The number of rotatable bonds is 8. The minimum atomic E-state index is -0.391. The molecule has 0 aliphatic rings. The zero-order chi connectivity index (χ0) is 20.6. The Labute approximate surface area is 175 Å². The van der Waals surface area contributed by atoms with Crippen LogP contribution in [0.1, 0.15) is 39.7 Å². The Hall–Kier alpha value is -3.18. The first-order valence-electron chi connectivity index (χ1n) is 9.29. The Morgan fingerprint density at radius 3 is 2.76 bits per heavy atom. The molecule has 1 N–H and O–H groups in total. The van der Waals surface area contributed by atoms with E-state index in [2.05, 4.69) is 22.1 Å². The third-order valence-electron chi connectivity index (χ3n) is 4.40. The maximum absolute atomic E-state index is 12.3. The molecule has 0 atom stereocenters. The van der Waals surface area contributed by atoms with E-state index >= 15 is 0 Å². The second kappa shape index (κ2) is 9.85. The zero-order valence-electron chi connectivity index (χ0n) is 16.2. The van der Waals surface area contributed by atoms with Crippen molar-refractivity contribution in [3.05, 3.63) is 101 Å². The number of hydrogen-bond donors (Lipinski definition) is 1. The standard InChI is InChI=1S/C23H22ClN3O2/c1-3-7-18(20-15-19(24)11-10-16(20)2)12-13-25-22(28)23-27-26-21(29-23)14-17-8-5-4-6-9-17/h3-11,15H,1,12-14H2,2H3,(H,25,28)/b18-7-. The molecule has 0 spiro atoms. The number of hydrogen-bond acceptors (Lipinski definition) is 4. The van der Waals surface area contributed by atoms with E-state index in [0.717, 1.165) is 22.3 Å². The molecule has 0 unspecified atom stereocenters. The summed E-state index contributed by atoms with van der Waals surface area (Å²) in [6.07, 6.45) is 4.76. The molecule has 1 aromatic heterocycles. The second-order valence-corrected chi connectivity index (χ2v) is 6.99. The third kappa shape index (κ3) is 5.65. The maximum atomic E-state index is 12.3. The lowest BCUT2D eigenvalue weighted by Crippen LogP contribution is -2.25. The molecule has 29 heavy (non-hydrogen) atoms. The van der Waals surface area contributed by atoms with Crippen LogP contribution in [0, 0.1) is 6.92 Å². The monoisotopic (exact) mass is 407 g/mol. The summed E-state index contributed by atoms with van der Waals surface area (Å²) in [6, 6.07) is 15.5. The molecule has 0 aliphatic heterocycles. The minimum absolute atomic E-state index is 0.0379. The van der Waals surface area contributed by atoms with E-state index < -0.39 is 5.91 Å². The average molecular weight is 408 g/mol. The van der Waals surface area contributed by atoms with Gasteiger partial charge in [0.25, 0.3) is 0 Å². The lowest BCUT2D eigenvalue weighted by Gasteiger charge is -2.11.